The first-order valence-electron chi connectivity index (χ1n) is 4.89. The topological polar surface area (TPSA) is 52.3 Å². The molecule has 1 aromatic carbocycles. The summed E-state index contributed by atoms with van der Waals surface area (Å²) in [6, 6.07) is 9.41. The Kier molecular flexibility index (Phi) is 3.00. The molecule has 0 atom stereocenters. The summed E-state index contributed by atoms with van der Waals surface area (Å²) in [5, 5.41) is 3.84. The summed E-state index contributed by atoms with van der Waals surface area (Å²) in [6.45, 7) is 1.67. The highest BCUT2D eigenvalue weighted by atomic mass is 16.5. The molecule has 1 heterocycles. The number of aromatic nitrogens is 1. The van der Waals surface area contributed by atoms with E-state index < -0.39 is 0 Å². The van der Waals surface area contributed by atoms with Gasteiger partial charge in [0.05, 0.1) is 0 Å². The molecule has 0 saturated carbocycles. The molecule has 0 saturated heterocycles. The zero-order valence-corrected chi connectivity index (χ0v) is 8.84. The lowest BCUT2D eigenvalue weighted by Gasteiger charge is -2.03. The minimum atomic E-state index is -0.285. The van der Waals surface area contributed by atoms with Gasteiger partial charge in [-0.1, -0.05) is 23.4 Å². The third-order valence-electron chi connectivity index (χ3n) is 2.10. The molecular weight excluding hydrogens is 206 g/mol. The minimum absolute atomic E-state index is 0.279. The highest BCUT2D eigenvalue weighted by molar-refractivity contribution is 5.66. The maximum absolute atomic E-state index is 10.7. The van der Waals surface area contributed by atoms with Crippen LogP contribution in [0.1, 0.15) is 12.5 Å². The summed E-state index contributed by atoms with van der Waals surface area (Å²) in [6.07, 6.45) is 1.52. The lowest BCUT2D eigenvalue weighted by atomic mass is 10.1. The van der Waals surface area contributed by atoms with Gasteiger partial charge in [0.2, 0.25) is 0 Å². The van der Waals surface area contributed by atoms with Gasteiger partial charge in [0, 0.05) is 18.6 Å². The second kappa shape index (κ2) is 4.61. The van der Waals surface area contributed by atoms with Crippen LogP contribution < -0.4 is 0 Å². The van der Waals surface area contributed by atoms with Crippen LogP contribution in [0.5, 0.6) is 0 Å². The Morgan fingerprint density at radius 3 is 3.00 bits per heavy atom. The number of carbonyl (C=O) groups excluding carboxylic acids is 1. The summed E-state index contributed by atoms with van der Waals surface area (Å²) >= 11 is 0. The van der Waals surface area contributed by atoms with Crippen molar-refractivity contribution in [3.63, 3.8) is 0 Å². The molecule has 0 radical (unpaired) electrons. The molecule has 2 aromatic rings. The fraction of sp³-hybridized carbons (Fsp3) is 0.167. The molecule has 82 valence electrons. The predicted octanol–water partition coefficient (Wildman–Crippen LogP) is 2.40. The van der Waals surface area contributed by atoms with E-state index in [-0.39, 0.29) is 12.6 Å². The first-order valence-corrected chi connectivity index (χ1v) is 4.89. The van der Waals surface area contributed by atoms with E-state index in [9.17, 15) is 4.79 Å². The second-order valence-electron chi connectivity index (χ2n) is 3.37. The molecule has 16 heavy (non-hydrogen) atoms. The molecule has 0 fully saturated rings. The van der Waals surface area contributed by atoms with Gasteiger partial charge in [0.1, 0.15) is 18.6 Å². The Balaban J connectivity index is 2.17. The molecule has 0 N–H and O–H groups in total. The molecule has 0 aliphatic heterocycles. The van der Waals surface area contributed by atoms with Crippen LogP contribution in [0.3, 0.4) is 0 Å². The fourth-order valence-corrected chi connectivity index (χ4v) is 1.37. The monoisotopic (exact) mass is 217 g/mol. The van der Waals surface area contributed by atoms with Crippen molar-refractivity contribution in [3.8, 4) is 11.3 Å². The minimum Gasteiger partial charge on any atom is -0.461 e. The zero-order chi connectivity index (χ0) is 11.4. The highest BCUT2D eigenvalue weighted by Gasteiger charge is 2.03. The molecule has 0 spiro atoms. The Hall–Kier alpha value is -2.10. The Bertz CT molecular complexity index is 477. The normalized spacial score (nSPS) is 10.1. The van der Waals surface area contributed by atoms with Gasteiger partial charge in [-0.3, -0.25) is 4.79 Å². The van der Waals surface area contributed by atoms with Crippen LogP contribution in [-0.2, 0) is 16.1 Å². The fourth-order valence-electron chi connectivity index (χ4n) is 1.37. The Labute approximate surface area is 92.8 Å². The van der Waals surface area contributed by atoms with Gasteiger partial charge in [0.25, 0.3) is 0 Å². The zero-order valence-electron chi connectivity index (χ0n) is 8.84. The smallest absolute Gasteiger partial charge is 0.302 e. The first kappa shape index (κ1) is 10.4. The van der Waals surface area contributed by atoms with Crippen molar-refractivity contribution < 1.29 is 14.1 Å². The van der Waals surface area contributed by atoms with Crippen LogP contribution in [0.4, 0.5) is 0 Å². The van der Waals surface area contributed by atoms with Gasteiger partial charge in [-0.25, -0.2) is 0 Å². The second-order valence-corrected chi connectivity index (χ2v) is 3.37. The summed E-state index contributed by atoms with van der Waals surface area (Å²) in [5.74, 6) is -0.285. The largest absolute Gasteiger partial charge is 0.461 e. The molecule has 4 heteroatoms. The number of esters is 1. The third-order valence-corrected chi connectivity index (χ3v) is 2.10. The summed E-state index contributed by atoms with van der Waals surface area (Å²) in [4.78, 5) is 10.7. The molecule has 0 aliphatic rings. The molecule has 0 bridgehead atoms. The van der Waals surface area contributed by atoms with E-state index in [2.05, 4.69) is 5.16 Å². The number of hydrogen-bond donors (Lipinski definition) is 0. The number of ether oxygens (including phenoxy) is 1. The molecule has 4 nitrogen and oxygen atoms in total. The van der Waals surface area contributed by atoms with Crippen LogP contribution in [0, 0.1) is 0 Å². The average Bonchev–Trinajstić information content (AvgIpc) is 2.80. The van der Waals surface area contributed by atoms with E-state index in [0.29, 0.717) is 0 Å². The van der Waals surface area contributed by atoms with Crippen molar-refractivity contribution in [1.82, 2.24) is 5.16 Å². The first-order chi connectivity index (χ1) is 7.75. The lowest BCUT2D eigenvalue weighted by molar-refractivity contribution is -0.142. The number of carbonyl (C=O) groups is 1. The van der Waals surface area contributed by atoms with E-state index in [1.165, 1.54) is 13.2 Å². The van der Waals surface area contributed by atoms with Crippen molar-refractivity contribution in [2.75, 3.05) is 0 Å². The number of rotatable bonds is 3. The van der Waals surface area contributed by atoms with Crippen molar-refractivity contribution in [1.29, 1.82) is 0 Å². The van der Waals surface area contributed by atoms with Crippen LogP contribution in [-0.4, -0.2) is 11.1 Å². The molecule has 1 aromatic heterocycles. The summed E-state index contributed by atoms with van der Waals surface area (Å²) in [5.41, 5.74) is 2.64. The van der Waals surface area contributed by atoms with Crippen LogP contribution >= 0.6 is 0 Å². The Morgan fingerprint density at radius 2 is 2.31 bits per heavy atom. The molecule has 0 unspecified atom stereocenters. The standard InChI is InChI=1S/C12H11NO3/c1-9(14)15-8-10-3-2-4-11(7-10)12-5-6-16-13-12/h2-7H,8H2,1H3. The quantitative estimate of drug-likeness (QED) is 0.741. The molecule has 0 aliphatic carbocycles. The van der Waals surface area contributed by atoms with E-state index in [1.807, 2.05) is 24.3 Å². The van der Waals surface area contributed by atoms with E-state index in [4.69, 9.17) is 9.26 Å². The lowest BCUT2D eigenvalue weighted by Crippen LogP contribution is -1.98. The van der Waals surface area contributed by atoms with Gasteiger partial charge in [-0.05, 0) is 11.6 Å². The SMILES string of the molecule is CC(=O)OCc1cccc(-c2ccon2)c1. The van der Waals surface area contributed by atoms with Crippen LogP contribution in [0.25, 0.3) is 11.3 Å². The van der Waals surface area contributed by atoms with Crippen molar-refractivity contribution >= 4 is 5.97 Å². The van der Waals surface area contributed by atoms with E-state index in [1.54, 1.807) is 6.07 Å². The molecular formula is C12H11NO3. The van der Waals surface area contributed by atoms with Gasteiger partial charge >= 0.3 is 5.97 Å². The van der Waals surface area contributed by atoms with Crippen molar-refractivity contribution in [3.05, 3.63) is 42.2 Å². The maximum Gasteiger partial charge on any atom is 0.302 e. The number of hydrogen-bond acceptors (Lipinski definition) is 4. The van der Waals surface area contributed by atoms with Gasteiger partial charge in [0.15, 0.2) is 0 Å². The van der Waals surface area contributed by atoms with Crippen LogP contribution in [0.15, 0.2) is 41.1 Å². The molecule has 0 amide bonds. The third kappa shape index (κ3) is 2.48. The summed E-state index contributed by atoms with van der Waals surface area (Å²) < 4.78 is 9.69. The molecule has 2 rings (SSSR count). The van der Waals surface area contributed by atoms with Gasteiger partial charge < -0.3 is 9.26 Å². The number of benzene rings is 1. The van der Waals surface area contributed by atoms with Crippen molar-refractivity contribution in [2.24, 2.45) is 0 Å². The van der Waals surface area contributed by atoms with Crippen LogP contribution in [0.2, 0.25) is 0 Å². The Morgan fingerprint density at radius 1 is 1.44 bits per heavy atom. The maximum atomic E-state index is 10.7. The van der Waals surface area contributed by atoms with Gasteiger partial charge in [-0.15, -0.1) is 0 Å². The predicted molar refractivity (Wildman–Crippen MR) is 57.4 cm³/mol. The number of nitrogens with zero attached hydrogens (tertiary/aromatic N) is 1. The average molecular weight is 217 g/mol. The van der Waals surface area contributed by atoms with E-state index in [0.717, 1.165) is 16.8 Å². The van der Waals surface area contributed by atoms with E-state index >= 15 is 0 Å². The highest BCUT2D eigenvalue weighted by Crippen LogP contribution is 2.18. The van der Waals surface area contributed by atoms with Crippen molar-refractivity contribution in [2.45, 2.75) is 13.5 Å². The van der Waals surface area contributed by atoms with Gasteiger partial charge in [-0.2, -0.15) is 0 Å². The summed E-state index contributed by atoms with van der Waals surface area (Å²) in [7, 11) is 0.